The van der Waals surface area contributed by atoms with Crippen LogP contribution in [-0.2, 0) is 30.3 Å². The summed E-state index contributed by atoms with van der Waals surface area (Å²) in [5.41, 5.74) is 6.83. The first kappa shape index (κ1) is 29.2. The van der Waals surface area contributed by atoms with Crippen molar-refractivity contribution in [3.63, 3.8) is 0 Å². The van der Waals surface area contributed by atoms with Gasteiger partial charge in [-0.1, -0.05) is 36.4 Å². The summed E-state index contributed by atoms with van der Waals surface area (Å²) in [6, 6.07) is 19.3. The van der Waals surface area contributed by atoms with E-state index in [0.717, 1.165) is 12.1 Å². The van der Waals surface area contributed by atoms with Gasteiger partial charge in [-0.05, 0) is 36.4 Å². The monoisotopic (exact) mass is 586 g/mol. The van der Waals surface area contributed by atoms with Gasteiger partial charge in [0.1, 0.15) is 4.90 Å². The molecule has 0 aliphatic heterocycles. The molecule has 1 N–H and O–H groups in total. The number of pyridine rings is 2. The third kappa shape index (κ3) is 6.83. The molecule has 0 atom stereocenters. The van der Waals surface area contributed by atoms with E-state index in [0.29, 0.717) is 0 Å². The van der Waals surface area contributed by atoms with Gasteiger partial charge in [0.05, 0.1) is 21.4 Å². The van der Waals surface area contributed by atoms with Gasteiger partial charge < -0.3 is 15.2 Å². The van der Waals surface area contributed by atoms with Crippen molar-refractivity contribution >= 4 is 21.4 Å². The number of sulfone groups is 1. The molecule has 4 aromatic rings. The van der Waals surface area contributed by atoms with Gasteiger partial charge in [-0.25, -0.2) is 8.42 Å². The number of carbonyl (C=O) groups is 1. The van der Waals surface area contributed by atoms with Crippen LogP contribution in [0.25, 0.3) is 17.0 Å². The number of nitro benzene ring substituents is 1. The van der Waals surface area contributed by atoms with Crippen molar-refractivity contribution in [1.82, 2.24) is 9.97 Å². The number of nitrogens with zero attached hydrogens (tertiary/aromatic N) is 3. The van der Waals surface area contributed by atoms with Crippen molar-refractivity contribution in [2.45, 2.75) is 9.79 Å². The maximum Gasteiger partial charge on any atom is 2.00 e. The van der Waals surface area contributed by atoms with E-state index in [1.54, 1.807) is 24.5 Å². The van der Waals surface area contributed by atoms with Gasteiger partial charge in [-0.2, -0.15) is 0 Å². The summed E-state index contributed by atoms with van der Waals surface area (Å²) in [6.45, 7) is 0. The van der Waals surface area contributed by atoms with Crippen LogP contribution >= 0.6 is 0 Å². The van der Waals surface area contributed by atoms with Crippen LogP contribution in [0.5, 0.6) is 0 Å². The summed E-state index contributed by atoms with van der Waals surface area (Å²) < 4.78 is 26.4. The van der Waals surface area contributed by atoms with E-state index < -0.39 is 31.3 Å². The number of hydrogen-bond acceptors (Lipinski definition) is 7. The summed E-state index contributed by atoms with van der Waals surface area (Å²) in [4.78, 5) is 29.3. The first-order chi connectivity index (χ1) is 15.8. The van der Waals surface area contributed by atoms with Crippen LogP contribution in [0.3, 0.4) is 0 Å². The topological polar surface area (TPSA) is 144 Å². The Morgan fingerprint density at radius 1 is 0.829 bits per heavy atom. The number of amides is 1. The number of aromatic nitrogens is 2. The summed E-state index contributed by atoms with van der Waals surface area (Å²) in [5.74, 6) is -1.09. The number of rotatable bonds is 5. The molecule has 0 saturated carbocycles. The van der Waals surface area contributed by atoms with E-state index in [9.17, 15) is 23.3 Å². The van der Waals surface area contributed by atoms with Crippen LogP contribution in [0.2, 0.25) is 0 Å². The Morgan fingerprint density at radius 2 is 1.43 bits per heavy atom. The number of benzene rings is 2. The smallest absolute Gasteiger partial charge is 1.00 e. The molecular formula is C23H17FN4O5PdS. The summed E-state index contributed by atoms with van der Waals surface area (Å²) >= 11 is 0. The van der Waals surface area contributed by atoms with Gasteiger partial charge in [0.15, 0.2) is 0 Å². The SMILES string of the molecule is [F-].[NH-]C(=O)c1cccc(S(=O)(=O)c2ccccc2[N+](=O)[O-])c1-c1ccccn1.[Pd+2].c1ccncc1. The van der Waals surface area contributed by atoms with Crippen LogP contribution in [0, 0.1) is 10.1 Å². The van der Waals surface area contributed by atoms with Crippen molar-refractivity contribution < 1.29 is 43.3 Å². The van der Waals surface area contributed by atoms with Crippen molar-refractivity contribution in [1.29, 1.82) is 0 Å². The molecule has 4 rings (SSSR count). The molecular weight excluding hydrogens is 570 g/mol. The number of halogens is 1. The molecule has 0 aliphatic carbocycles. The third-order valence-corrected chi connectivity index (χ3v) is 6.24. The predicted molar refractivity (Wildman–Crippen MR) is 121 cm³/mol. The van der Waals surface area contributed by atoms with Gasteiger partial charge >= 0.3 is 20.4 Å². The van der Waals surface area contributed by atoms with Crippen LogP contribution in [0.15, 0.2) is 107 Å². The Morgan fingerprint density at radius 3 is 1.94 bits per heavy atom. The quantitative estimate of drug-likeness (QED) is 0.197. The molecule has 0 unspecified atom stereocenters. The molecule has 0 radical (unpaired) electrons. The second kappa shape index (κ2) is 13.1. The van der Waals surface area contributed by atoms with E-state index in [1.165, 1.54) is 42.6 Å². The Bertz CT molecular complexity index is 1360. The predicted octanol–water partition coefficient (Wildman–Crippen LogP) is 1.77. The molecule has 35 heavy (non-hydrogen) atoms. The number of para-hydroxylation sites is 1. The van der Waals surface area contributed by atoms with Crippen LogP contribution in [0.4, 0.5) is 5.69 Å². The van der Waals surface area contributed by atoms with E-state index in [-0.39, 0.29) is 46.8 Å². The maximum absolute atomic E-state index is 13.2. The Hall–Kier alpha value is -3.85. The third-order valence-electron chi connectivity index (χ3n) is 4.40. The summed E-state index contributed by atoms with van der Waals surface area (Å²) in [6.07, 6.45) is 4.92. The minimum absolute atomic E-state index is 0. The molecule has 0 bridgehead atoms. The molecule has 9 nitrogen and oxygen atoms in total. The van der Waals surface area contributed by atoms with Crippen LogP contribution < -0.4 is 4.70 Å². The molecule has 0 aliphatic rings. The Balaban J connectivity index is 0.000000671. The Kier molecular flexibility index (Phi) is 11.0. The second-order valence-electron chi connectivity index (χ2n) is 6.48. The minimum Gasteiger partial charge on any atom is -1.00 e. The van der Waals surface area contributed by atoms with Gasteiger partial charge in [-0.3, -0.25) is 20.1 Å². The fourth-order valence-corrected chi connectivity index (χ4v) is 4.64. The first-order valence-corrected chi connectivity index (χ1v) is 11.0. The van der Waals surface area contributed by atoms with Crippen molar-refractivity contribution in [3.05, 3.63) is 119 Å². The molecule has 182 valence electrons. The molecule has 0 saturated heterocycles. The van der Waals surface area contributed by atoms with Crippen LogP contribution in [-0.4, -0.2) is 29.2 Å². The van der Waals surface area contributed by atoms with Gasteiger partial charge in [-0.15, -0.1) is 0 Å². The fourth-order valence-electron chi connectivity index (χ4n) is 2.99. The molecule has 0 spiro atoms. The number of carbonyl (C=O) groups excluding carboxylic acids is 1. The molecule has 2 heterocycles. The van der Waals surface area contributed by atoms with Gasteiger partial charge in [0.25, 0.3) is 5.69 Å². The van der Waals surface area contributed by atoms with E-state index >= 15 is 0 Å². The van der Waals surface area contributed by atoms with Gasteiger partial charge in [0.2, 0.25) is 9.84 Å². The number of nitrogens with one attached hydrogen (secondary N) is 1. The maximum atomic E-state index is 13.2. The molecule has 2 aromatic heterocycles. The van der Waals surface area contributed by atoms with E-state index in [4.69, 9.17) is 5.73 Å². The fraction of sp³-hybridized carbons (Fsp3) is 0. The normalized spacial score (nSPS) is 9.94. The minimum atomic E-state index is -4.37. The first-order valence-electron chi connectivity index (χ1n) is 9.48. The summed E-state index contributed by atoms with van der Waals surface area (Å²) in [5, 5.41) is 11.3. The van der Waals surface area contributed by atoms with Crippen LogP contribution in [0.1, 0.15) is 10.4 Å². The number of hydrogen-bond donors (Lipinski definition) is 0. The van der Waals surface area contributed by atoms with E-state index in [2.05, 4.69) is 9.97 Å². The number of nitro groups is 1. The zero-order chi connectivity index (χ0) is 23.8. The second-order valence-corrected chi connectivity index (χ2v) is 8.36. The van der Waals surface area contributed by atoms with Gasteiger partial charge in [0, 0.05) is 35.8 Å². The molecule has 1 amide bonds. The van der Waals surface area contributed by atoms with Crippen molar-refractivity contribution in [3.8, 4) is 11.3 Å². The van der Waals surface area contributed by atoms with Crippen molar-refractivity contribution in [2.24, 2.45) is 0 Å². The zero-order valence-electron chi connectivity index (χ0n) is 17.7. The zero-order valence-corrected chi connectivity index (χ0v) is 20.1. The Labute approximate surface area is 214 Å². The molecule has 2 aromatic carbocycles. The average molecular weight is 587 g/mol. The average Bonchev–Trinajstić information content (AvgIpc) is 2.85. The van der Waals surface area contributed by atoms with Crippen molar-refractivity contribution in [2.75, 3.05) is 0 Å². The molecule has 0 fully saturated rings. The largest absolute Gasteiger partial charge is 2.00 e. The summed E-state index contributed by atoms with van der Waals surface area (Å²) in [7, 11) is -4.37. The standard InChI is InChI=1S/C18H13N3O5S.C5H5N.FH.Pd/c19-18(22)12-6-5-10-16(17(12)13-7-3-4-11-20-13)27(25,26)15-9-2-1-8-14(15)21(23)24;1-2-4-6-5-3-1;;/h1-11H,(H2,19,22);1-5H;1H;/q;;;+2/p-2. The molecule has 12 heteroatoms. The van der Waals surface area contributed by atoms with E-state index in [1.807, 2.05) is 18.2 Å².